The molecule has 2 atom stereocenters. The van der Waals surface area contributed by atoms with E-state index < -0.39 is 30.7 Å². The second-order valence-electron chi connectivity index (χ2n) is 11.0. The molecule has 0 radical (unpaired) electrons. The van der Waals surface area contributed by atoms with Gasteiger partial charge in [0.15, 0.2) is 0 Å². The maximum Gasteiger partial charge on any atom is 0.513 e. The van der Waals surface area contributed by atoms with Crippen molar-refractivity contribution in [3.63, 3.8) is 0 Å². The first-order valence-corrected chi connectivity index (χ1v) is 14.9. The molecule has 0 aliphatic carbocycles. The predicted octanol–water partition coefficient (Wildman–Crippen LogP) is 8.15. The maximum atomic E-state index is 12.5. The average molecular weight is 587 g/mol. The highest BCUT2D eigenvalue weighted by molar-refractivity contribution is 5.89. The summed E-state index contributed by atoms with van der Waals surface area (Å²) >= 11 is 0. The molecule has 9 heteroatoms. The summed E-state index contributed by atoms with van der Waals surface area (Å²) in [4.78, 5) is 57.6. The lowest BCUT2D eigenvalue weighted by Gasteiger charge is -2.23. The van der Waals surface area contributed by atoms with Crippen LogP contribution in [0, 0.1) is 11.8 Å². The lowest BCUT2D eigenvalue weighted by Crippen LogP contribution is -2.33. The van der Waals surface area contributed by atoms with Crippen LogP contribution in [-0.2, 0) is 41.9 Å². The van der Waals surface area contributed by atoms with Crippen LogP contribution in [0.1, 0.15) is 112 Å². The van der Waals surface area contributed by atoms with Crippen molar-refractivity contribution >= 4 is 18.1 Å². The van der Waals surface area contributed by atoms with Crippen molar-refractivity contribution in [1.82, 2.24) is 0 Å². The number of carbonyl (C=O) groups excluding carboxylic acids is 3. The first-order valence-electron chi connectivity index (χ1n) is 14.9. The van der Waals surface area contributed by atoms with Gasteiger partial charge in [-0.05, 0) is 61.1 Å². The first kappa shape index (κ1) is 34.8. The van der Waals surface area contributed by atoms with Crippen molar-refractivity contribution in [1.29, 1.82) is 0 Å². The van der Waals surface area contributed by atoms with Crippen molar-refractivity contribution in [3.05, 3.63) is 70.8 Å². The summed E-state index contributed by atoms with van der Waals surface area (Å²) in [7, 11) is 0. The van der Waals surface area contributed by atoms with Gasteiger partial charge in [0.1, 0.15) is 0 Å². The molecule has 232 valence electrons. The summed E-state index contributed by atoms with van der Waals surface area (Å²) in [6, 6.07) is 14.2. The fourth-order valence-corrected chi connectivity index (χ4v) is 3.80. The molecule has 0 spiro atoms. The van der Waals surface area contributed by atoms with Crippen LogP contribution in [0.25, 0.3) is 0 Å². The third-order valence-electron chi connectivity index (χ3n) is 6.47. The van der Waals surface area contributed by atoms with E-state index in [4.69, 9.17) is 29.0 Å². The number of rotatable bonds is 18. The molecular formula is C33H46O9. The normalized spacial score (nSPS) is 12.6. The van der Waals surface area contributed by atoms with Gasteiger partial charge in [-0.25, -0.2) is 14.4 Å². The Hall–Kier alpha value is -3.43. The molecule has 42 heavy (non-hydrogen) atoms. The van der Waals surface area contributed by atoms with Crippen LogP contribution in [0.15, 0.2) is 48.5 Å². The molecule has 0 heterocycles. The Morgan fingerprint density at radius 3 is 1.24 bits per heavy atom. The SMILES string of the molecule is CCCCCc1ccc(C(=O)OOC(OC(=O)OC(OOC(=O)c2ccc(CCCCC)cc2)C(C)C)C(C)C)cc1. The monoisotopic (exact) mass is 586 g/mol. The van der Waals surface area contributed by atoms with E-state index in [1.54, 1.807) is 52.0 Å². The second kappa shape index (κ2) is 18.9. The van der Waals surface area contributed by atoms with Crippen LogP contribution in [0.2, 0.25) is 0 Å². The third-order valence-corrected chi connectivity index (χ3v) is 6.47. The minimum atomic E-state index is -1.25. The molecular weight excluding hydrogens is 540 g/mol. The zero-order chi connectivity index (χ0) is 30.9. The Morgan fingerprint density at radius 2 is 0.929 bits per heavy atom. The number of ether oxygens (including phenoxy) is 2. The highest BCUT2D eigenvalue weighted by Gasteiger charge is 2.28. The van der Waals surface area contributed by atoms with E-state index in [-0.39, 0.29) is 11.8 Å². The number of benzene rings is 2. The summed E-state index contributed by atoms with van der Waals surface area (Å²) in [5, 5.41) is 0. The summed E-state index contributed by atoms with van der Waals surface area (Å²) in [5.74, 6) is -2.20. The number of aryl methyl sites for hydroxylation is 2. The van der Waals surface area contributed by atoms with Gasteiger partial charge in [-0.3, -0.25) is 9.78 Å². The molecule has 0 aromatic heterocycles. The molecule has 9 nitrogen and oxygen atoms in total. The maximum absolute atomic E-state index is 12.5. The molecule has 0 amide bonds. The highest BCUT2D eigenvalue weighted by atomic mass is 17.2. The summed E-state index contributed by atoms with van der Waals surface area (Å²) < 4.78 is 10.4. The Labute approximate surface area is 249 Å². The molecule has 2 unspecified atom stereocenters. The smallest absolute Gasteiger partial charge is 0.400 e. The average Bonchev–Trinajstić information content (AvgIpc) is 2.97. The molecule has 0 N–H and O–H groups in total. The van der Waals surface area contributed by atoms with Crippen molar-refractivity contribution in [3.8, 4) is 0 Å². The van der Waals surface area contributed by atoms with E-state index in [1.165, 1.54) is 0 Å². The van der Waals surface area contributed by atoms with Gasteiger partial charge in [-0.1, -0.05) is 91.5 Å². The summed E-state index contributed by atoms with van der Waals surface area (Å²) in [6.45, 7) is 11.1. The largest absolute Gasteiger partial charge is 0.513 e. The summed E-state index contributed by atoms with van der Waals surface area (Å²) in [6.07, 6.45) is 5.00. The molecule has 2 aromatic carbocycles. The zero-order valence-electron chi connectivity index (χ0n) is 25.8. The van der Waals surface area contributed by atoms with Crippen molar-refractivity contribution in [2.45, 2.75) is 105 Å². The van der Waals surface area contributed by atoms with Gasteiger partial charge in [0, 0.05) is 11.8 Å². The van der Waals surface area contributed by atoms with Gasteiger partial charge in [-0.2, -0.15) is 0 Å². The van der Waals surface area contributed by atoms with E-state index >= 15 is 0 Å². The van der Waals surface area contributed by atoms with Crippen molar-refractivity contribution < 1.29 is 43.4 Å². The number of hydrogen-bond donors (Lipinski definition) is 0. The second-order valence-corrected chi connectivity index (χ2v) is 11.0. The van der Waals surface area contributed by atoms with Crippen molar-refractivity contribution in [2.24, 2.45) is 11.8 Å². The Bertz CT molecular complexity index is 992. The number of carbonyl (C=O) groups is 3. The first-order chi connectivity index (χ1) is 20.1. The summed E-state index contributed by atoms with van der Waals surface area (Å²) in [5.41, 5.74) is 2.88. The van der Waals surface area contributed by atoms with Crippen LogP contribution in [0.3, 0.4) is 0 Å². The predicted molar refractivity (Wildman–Crippen MR) is 157 cm³/mol. The molecule has 0 aliphatic heterocycles. The fraction of sp³-hybridized carbons (Fsp3) is 0.545. The van der Waals surface area contributed by atoms with Crippen LogP contribution in [0.4, 0.5) is 4.79 Å². The Morgan fingerprint density at radius 1 is 0.571 bits per heavy atom. The van der Waals surface area contributed by atoms with Gasteiger partial charge in [0.25, 0.3) is 12.6 Å². The van der Waals surface area contributed by atoms with Gasteiger partial charge < -0.3 is 9.47 Å². The van der Waals surface area contributed by atoms with E-state index in [0.717, 1.165) is 62.5 Å². The molecule has 2 aromatic rings. The van der Waals surface area contributed by atoms with E-state index in [1.807, 2.05) is 24.3 Å². The highest BCUT2D eigenvalue weighted by Crippen LogP contribution is 2.17. The lowest BCUT2D eigenvalue weighted by molar-refractivity contribution is -0.357. The van der Waals surface area contributed by atoms with Gasteiger partial charge in [0.2, 0.25) is 0 Å². The van der Waals surface area contributed by atoms with E-state index in [9.17, 15) is 14.4 Å². The van der Waals surface area contributed by atoms with Crippen molar-refractivity contribution in [2.75, 3.05) is 0 Å². The molecule has 0 bridgehead atoms. The van der Waals surface area contributed by atoms with Gasteiger partial charge in [0.05, 0.1) is 11.1 Å². The van der Waals surface area contributed by atoms with Gasteiger partial charge >= 0.3 is 18.1 Å². The van der Waals surface area contributed by atoms with Gasteiger partial charge in [-0.15, -0.1) is 9.78 Å². The topological polar surface area (TPSA) is 107 Å². The molecule has 0 fully saturated rings. The van der Waals surface area contributed by atoms with Crippen LogP contribution < -0.4 is 0 Å². The molecule has 2 rings (SSSR count). The molecule has 0 aliphatic rings. The van der Waals surface area contributed by atoms with E-state index in [0.29, 0.717) is 11.1 Å². The quantitative estimate of drug-likeness (QED) is 0.0562. The lowest BCUT2D eigenvalue weighted by atomic mass is 10.1. The minimum Gasteiger partial charge on any atom is -0.400 e. The van der Waals surface area contributed by atoms with Crippen LogP contribution in [0.5, 0.6) is 0 Å². The standard InChI is InChI=1S/C33H46O9/c1-7-9-11-13-25-15-19-27(20-16-25)29(34)39-41-31(23(3)4)37-33(36)38-32(24(5)6)42-40-30(35)28-21-17-26(18-22-28)14-12-10-8-2/h15-24,31-32H,7-14H2,1-6H3. The zero-order valence-corrected chi connectivity index (χ0v) is 25.8. The fourth-order valence-electron chi connectivity index (χ4n) is 3.80. The minimum absolute atomic E-state index is 0.306. The Kier molecular flexibility index (Phi) is 15.6. The van der Waals surface area contributed by atoms with E-state index in [2.05, 4.69) is 13.8 Å². The van der Waals surface area contributed by atoms with Crippen LogP contribution >= 0.6 is 0 Å². The molecule has 0 saturated carbocycles. The number of unbranched alkanes of at least 4 members (excludes halogenated alkanes) is 4. The third kappa shape index (κ3) is 12.6. The number of hydrogen-bond acceptors (Lipinski definition) is 9. The van der Waals surface area contributed by atoms with Crippen LogP contribution in [-0.4, -0.2) is 30.7 Å². The molecule has 0 saturated heterocycles. The Balaban J connectivity index is 1.85.